The van der Waals surface area contributed by atoms with Crippen molar-refractivity contribution in [3.8, 4) is 0 Å². The smallest absolute Gasteiger partial charge is 0.274 e. The normalized spacial score (nSPS) is 10.4. The molecule has 0 aliphatic heterocycles. The molecule has 0 aliphatic carbocycles. The number of hydrogen-bond acceptors (Lipinski definition) is 3. The molecule has 0 atom stereocenters. The summed E-state index contributed by atoms with van der Waals surface area (Å²) in [5.41, 5.74) is 5.73. The van der Waals surface area contributed by atoms with Gasteiger partial charge in [0, 0.05) is 24.1 Å². The fourth-order valence-corrected chi connectivity index (χ4v) is 2.69. The summed E-state index contributed by atoms with van der Waals surface area (Å²) in [4.78, 5) is 16.6. The highest BCUT2D eigenvalue weighted by atomic mass is 16.1. The molecule has 1 amide bonds. The van der Waals surface area contributed by atoms with Gasteiger partial charge in [-0.05, 0) is 54.3 Å². The molecule has 26 heavy (non-hydrogen) atoms. The Morgan fingerprint density at radius 2 is 1.77 bits per heavy atom. The number of pyridine rings is 1. The Morgan fingerprint density at radius 1 is 1.00 bits per heavy atom. The summed E-state index contributed by atoms with van der Waals surface area (Å²) < 4.78 is 0. The Hall–Kier alpha value is -3.14. The number of carbonyl (C=O) groups is 1. The van der Waals surface area contributed by atoms with Crippen LogP contribution in [0.5, 0.6) is 0 Å². The van der Waals surface area contributed by atoms with Crippen LogP contribution in [0.3, 0.4) is 0 Å². The second-order valence-electron chi connectivity index (χ2n) is 6.21. The second-order valence-corrected chi connectivity index (χ2v) is 6.21. The summed E-state index contributed by atoms with van der Waals surface area (Å²) in [6.45, 7) is 4.90. The molecule has 3 rings (SSSR count). The number of hydrogen-bond donors (Lipinski definition) is 2. The van der Waals surface area contributed by atoms with Gasteiger partial charge >= 0.3 is 0 Å². The standard InChI is InChI=1S/C22H23N3O/c1-3-17-8-10-19(11-9-17)25-22(26)21-14-20(12-13-23-21)24-15-18-7-5-4-6-16(18)2/h4-14H,3,15H2,1-2H3,(H,23,24)(H,25,26). The van der Waals surface area contributed by atoms with E-state index in [2.05, 4.69) is 41.6 Å². The number of benzene rings is 2. The van der Waals surface area contributed by atoms with E-state index in [0.717, 1.165) is 17.8 Å². The summed E-state index contributed by atoms with van der Waals surface area (Å²) in [7, 11) is 0. The number of rotatable bonds is 6. The van der Waals surface area contributed by atoms with Gasteiger partial charge in [0.1, 0.15) is 5.69 Å². The average Bonchev–Trinajstić information content (AvgIpc) is 2.68. The van der Waals surface area contributed by atoms with Crippen LogP contribution in [0, 0.1) is 6.92 Å². The lowest BCUT2D eigenvalue weighted by Gasteiger charge is -2.10. The van der Waals surface area contributed by atoms with Gasteiger partial charge in [-0.15, -0.1) is 0 Å². The Morgan fingerprint density at radius 3 is 2.50 bits per heavy atom. The maximum Gasteiger partial charge on any atom is 0.274 e. The topological polar surface area (TPSA) is 54.0 Å². The van der Waals surface area contributed by atoms with Gasteiger partial charge in [0.2, 0.25) is 0 Å². The van der Waals surface area contributed by atoms with E-state index >= 15 is 0 Å². The van der Waals surface area contributed by atoms with Crippen molar-refractivity contribution in [2.24, 2.45) is 0 Å². The SMILES string of the molecule is CCc1ccc(NC(=O)c2cc(NCc3ccccc3C)ccn2)cc1. The van der Waals surface area contributed by atoms with Gasteiger partial charge in [0.05, 0.1) is 0 Å². The van der Waals surface area contributed by atoms with Crippen molar-refractivity contribution in [1.82, 2.24) is 4.98 Å². The molecule has 1 aromatic heterocycles. The molecule has 4 nitrogen and oxygen atoms in total. The molecular formula is C22H23N3O. The van der Waals surface area contributed by atoms with Crippen LogP contribution in [0.25, 0.3) is 0 Å². The third-order valence-electron chi connectivity index (χ3n) is 4.36. The van der Waals surface area contributed by atoms with E-state index in [1.807, 2.05) is 42.5 Å². The van der Waals surface area contributed by atoms with Crippen molar-refractivity contribution in [1.29, 1.82) is 0 Å². The van der Waals surface area contributed by atoms with Crippen LogP contribution < -0.4 is 10.6 Å². The predicted octanol–water partition coefficient (Wildman–Crippen LogP) is 4.82. The van der Waals surface area contributed by atoms with Crippen LogP contribution in [0.2, 0.25) is 0 Å². The van der Waals surface area contributed by atoms with E-state index in [1.165, 1.54) is 16.7 Å². The van der Waals surface area contributed by atoms with E-state index < -0.39 is 0 Å². The molecule has 0 saturated heterocycles. The highest BCUT2D eigenvalue weighted by Crippen LogP contribution is 2.15. The van der Waals surface area contributed by atoms with Crippen LogP contribution in [-0.4, -0.2) is 10.9 Å². The van der Waals surface area contributed by atoms with Gasteiger partial charge in [-0.2, -0.15) is 0 Å². The summed E-state index contributed by atoms with van der Waals surface area (Å²) in [5.74, 6) is -0.214. The van der Waals surface area contributed by atoms with Crippen molar-refractivity contribution >= 4 is 17.3 Å². The van der Waals surface area contributed by atoms with Crippen LogP contribution >= 0.6 is 0 Å². The molecule has 0 spiro atoms. The van der Waals surface area contributed by atoms with Gasteiger partial charge in [0.15, 0.2) is 0 Å². The Labute approximate surface area is 154 Å². The van der Waals surface area contributed by atoms with E-state index in [1.54, 1.807) is 12.3 Å². The molecule has 2 aromatic carbocycles. The zero-order valence-electron chi connectivity index (χ0n) is 15.1. The Kier molecular flexibility index (Phi) is 5.64. The second kappa shape index (κ2) is 8.30. The number of aromatic nitrogens is 1. The molecule has 0 fully saturated rings. The minimum atomic E-state index is -0.214. The third kappa shape index (κ3) is 4.48. The first-order valence-corrected chi connectivity index (χ1v) is 8.80. The van der Waals surface area contributed by atoms with Crippen LogP contribution in [0.15, 0.2) is 66.9 Å². The molecule has 0 radical (unpaired) electrons. The van der Waals surface area contributed by atoms with Crippen molar-refractivity contribution in [2.45, 2.75) is 26.8 Å². The zero-order valence-corrected chi connectivity index (χ0v) is 15.1. The minimum absolute atomic E-state index is 0.214. The minimum Gasteiger partial charge on any atom is -0.381 e. The molecule has 1 heterocycles. The maximum atomic E-state index is 12.4. The Bertz CT molecular complexity index is 888. The average molecular weight is 345 g/mol. The fourth-order valence-electron chi connectivity index (χ4n) is 2.69. The van der Waals surface area contributed by atoms with E-state index in [4.69, 9.17) is 0 Å². The number of carbonyl (C=O) groups excluding carboxylic acids is 1. The number of amides is 1. The van der Waals surface area contributed by atoms with Crippen LogP contribution in [0.4, 0.5) is 11.4 Å². The van der Waals surface area contributed by atoms with Gasteiger partial charge in [-0.1, -0.05) is 43.3 Å². The lowest BCUT2D eigenvalue weighted by atomic mass is 10.1. The lowest BCUT2D eigenvalue weighted by molar-refractivity contribution is 0.102. The summed E-state index contributed by atoms with van der Waals surface area (Å²) in [6.07, 6.45) is 2.62. The molecule has 2 N–H and O–H groups in total. The molecule has 4 heteroatoms. The van der Waals surface area contributed by atoms with E-state index in [0.29, 0.717) is 12.2 Å². The Balaban J connectivity index is 1.66. The zero-order chi connectivity index (χ0) is 18.4. The van der Waals surface area contributed by atoms with Crippen molar-refractivity contribution in [3.63, 3.8) is 0 Å². The number of nitrogens with one attached hydrogen (secondary N) is 2. The number of aryl methyl sites for hydroxylation is 2. The molecule has 0 unspecified atom stereocenters. The molecule has 3 aromatic rings. The van der Waals surface area contributed by atoms with Gasteiger partial charge < -0.3 is 10.6 Å². The van der Waals surface area contributed by atoms with Crippen LogP contribution in [0.1, 0.15) is 34.1 Å². The maximum absolute atomic E-state index is 12.4. The lowest BCUT2D eigenvalue weighted by Crippen LogP contribution is -2.14. The predicted molar refractivity (Wildman–Crippen MR) is 107 cm³/mol. The van der Waals surface area contributed by atoms with E-state index in [-0.39, 0.29) is 5.91 Å². The largest absolute Gasteiger partial charge is 0.381 e. The van der Waals surface area contributed by atoms with Crippen molar-refractivity contribution in [3.05, 3.63) is 89.2 Å². The van der Waals surface area contributed by atoms with Crippen molar-refractivity contribution in [2.75, 3.05) is 10.6 Å². The quantitative estimate of drug-likeness (QED) is 0.673. The summed E-state index contributed by atoms with van der Waals surface area (Å²) in [6, 6.07) is 19.7. The number of nitrogens with zero attached hydrogens (tertiary/aromatic N) is 1. The molecule has 0 saturated carbocycles. The third-order valence-corrected chi connectivity index (χ3v) is 4.36. The van der Waals surface area contributed by atoms with Crippen molar-refractivity contribution < 1.29 is 4.79 Å². The summed E-state index contributed by atoms with van der Waals surface area (Å²) in [5, 5.41) is 6.25. The van der Waals surface area contributed by atoms with Crippen LogP contribution in [-0.2, 0) is 13.0 Å². The first kappa shape index (κ1) is 17.7. The van der Waals surface area contributed by atoms with Gasteiger partial charge in [-0.25, -0.2) is 0 Å². The highest BCUT2D eigenvalue weighted by Gasteiger charge is 2.09. The highest BCUT2D eigenvalue weighted by molar-refractivity contribution is 6.03. The first-order valence-electron chi connectivity index (χ1n) is 8.80. The fraction of sp³-hybridized carbons (Fsp3) is 0.182. The molecule has 132 valence electrons. The number of anilines is 2. The van der Waals surface area contributed by atoms with Gasteiger partial charge in [-0.3, -0.25) is 9.78 Å². The van der Waals surface area contributed by atoms with Gasteiger partial charge in [0.25, 0.3) is 5.91 Å². The van der Waals surface area contributed by atoms with E-state index in [9.17, 15) is 4.79 Å². The monoisotopic (exact) mass is 345 g/mol. The molecule has 0 bridgehead atoms. The molecule has 0 aliphatic rings. The molecular weight excluding hydrogens is 322 g/mol. The first-order chi connectivity index (χ1) is 12.7. The summed E-state index contributed by atoms with van der Waals surface area (Å²) >= 11 is 0.